The second-order valence-electron chi connectivity index (χ2n) is 5.40. The zero-order chi connectivity index (χ0) is 14.4. The van der Waals surface area contributed by atoms with Crippen molar-refractivity contribution in [2.75, 3.05) is 0 Å². The van der Waals surface area contributed by atoms with Crippen LogP contribution in [0.5, 0.6) is 0 Å². The van der Waals surface area contributed by atoms with Crippen LogP contribution in [0.4, 0.5) is 0 Å². The first-order valence-electron chi connectivity index (χ1n) is 6.91. The van der Waals surface area contributed by atoms with Crippen molar-refractivity contribution in [2.24, 2.45) is 0 Å². The second-order valence-corrected chi connectivity index (χ2v) is 5.40. The molecule has 1 aliphatic rings. The van der Waals surface area contributed by atoms with Crippen molar-refractivity contribution in [3.8, 4) is 0 Å². The Kier molecular flexibility index (Phi) is 2.57. The van der Waals surface area contributed by atoms with Crippen molar-refractivity contribution in [1.29, 1.82) is 0 Å². The SMILES string of the molecule is O=C(O)c1ccc2ncn(Cc3cncn3C3CC3)c2c1. The van der Waals surface area contributed by atoms with Crippen LogP contribution in [0.15, 0.2) is 37.1 Å². The predicted molar refractivity (Wildman–Crippen MR) is 76.3 cm³/mol. The fourth-order valence-corrected chi connectivity index (χ4v) is 2.63. The minimum absolute atomic E-state index is 0.278. The summed E-state index contributed by atoms with van der Waals surface area (Å²) in [7, 11) is 0. The second kappa shape index (κ2) is 4.44. The van der Waals surface area contributed by atoms with Crippen molar-refractivity contribution in [1.82, 2.24) is 19.1 Å². The van der Waals surface area contributed by atoms with E-state index < -0.39 is 5.97 Å². The first-order valence-corrected chi connectivity index (χ1v) is 6.91. The summed E-state index contributed by atoms with van der Waals surface area (Å²) >= 11 is 0. The number of imidazole rings is 2. The Morgan fingerprint density at radius 3 is 2.95 bits per heavy atom. The highest BCUT2D eigenvalue weighted by atomic mass is 16.4. The van der Waals surface area contributed by atoms with Gasteiger partial charge in [-0.1, -0.05) is 0 Å². The van der Waals surface area contributed by atoms with Crippen LogP contribution in [0.1, 0.15) is 34.9 Å². The van der Waals surface area contributed by atoms with E-state index in [0.29, 0.717) is 12.6 Å². The molecule has 1 fully saturated rings. The number of nitrogens with zero attached hydrogens (tertiary/aromatic N) is 4. The molecule has 0 saturated heterocycles. The molecular weight excluding hydrogens is 268 g/mol. The molecule has 0 amide bonds. The summed E-state index contributed by atoms with van der Waals surface area (Å²) in [5.41, 5.74) is 3.04. The van der Waals surface area contributed by atoms with Gasteiger partial charge >= 0.3 is 5.97 Å². The molecule has 0 radical (unpaired) electrons. The molecule has 1 aliphatic carbocycles. The van der Waals surface area contributed by atoms with Gasteiger partial charge in [0.2, 0.25) is 0 Å². The van der Waals surface area contributed by atoms with Gasteiger partial charge in [-0.15, -0.1) is 0 Å². The molecule has 1 N–H and O–H groups in total. The fraction of sp³-hybridized carbons (Fsp3) is 0.267. The third-order valence-electron chi connectivity index (χ3n) is 3.89. The van der Waals surface area contributed by atoms with Crippen LogP contribution in [-0.2, 0) is 6.54 Å². The van der Waals surface area contributed by atoms with Gasteiger partial charge in [-0.2, -0.15) is 0 Å². The molecule has 0 unspecified atom stereocenters. The molecule has 21 heavy (non-hydrogen) atoms. The van der Waals surface area contributed by atoms with E-state index in [2.05, 4.69) is 14.5 Å². The first-order chi connectivity index (χ1) is 10.2. The number of rotatable bonds is 4. The maximum Gasteiger partial charge on any atom is 0.335 e. The molecule has 2 heterocycles. The van der Waals surface area contributed by atoms with Crippen molar-refractivity contribution in [3.63, 3.8) is 0 Å². The monoisotopic (exact) mass is 282 g/mol. The molecule has 4 rings (SSSR count). The van der Waals surface area contributed by atoms with Crippen LogP contribution in [-0.4, -0.2) is 30.2 Å². The van der Waals surface area contributed by atoms with E-state index in [1.165, 1.54) is 12.8 Å². The number of aromatic nitrogens is 4. The number of aromatic carboxylic acids is 1. The number of carboxylic acids is 1. The lowest BCUT2D eigenvalue weighted by Crippen LogP contribution is -2.05. The third-order valence-corrected chi connectivity index (χ3v) is 3.89. The highest BCUT2D eigenvalue weighted by Gasteiger charge is 2.25. The number of carboxylic acid groups (broad SMARTS) is 1. The third kappa shape index (κ3) is 2.08. The summed E-state index contributed by atoms with van der Waals surface area (Å²) in [6.07, 6.45) is 7.90. The van der Waals surface area contributed by atoms with Gasteiger partial charge in [0.1, 0.15) is 0 Å². The molecule has 0 aliphatic heterocycles. The average molecular weight is 282 g/mol. The molecule has 0 atom stereocenters. The standard InChI is InChI=1S/C15H14N4O2/c20-15(21)10-1-4-13-14(5-10)18(9-17-13)7-12-6-16-8-19(12)11-2-3-11/h1,4-6,8-9,11H,2-3,7H2,(H,20,21). The van der Waals surface area contributed by atoms with Crippen molar-refractivity contribution >= 4 is 17.0 Å². The van der Waals surface area contributed by atoms with Crippen LogP contribution in [0, 0.1) is 0 Å². The Labute approximate surface area is 120 Å². The Hall–Kier alpha value is -2.63. The lowest BCUT2D eigenvalue weighted by Gasteiger charge is -2.08. The quantitative estimate of drug-likeness (QED) is 0.797. The number of hydrogen-bond acceptors (Lipinski definition) is 3. The molecule has 1 aromatic carbocycles. The summed E-state index contributed by atoms with van der Waals surface area (Å²) in [6, 6.07) is 5.57. The zero-order valence-corrected chi connectivity index (χ0v) is 11.3. The highest BCUT2D eigenvalue weighted by Crippen LogP contribution is 2.35. The van der Waals surface area contributed by atoms with Crippen LogP contribution in [0.2, 0.25) is 0 Å². The van der Waals surface area contributed by atoms with Gasteiger partial charge in [-0.05, 0) is 31.0 Å². The number of carbonyl (C=O) groups is 1. The van der Waals surface area contributed by atoms with Crippen LogP contribution in [0.3, 0.4) is 0 Å². The number of hydrogen-bond donors (Lipinski definition) is 1. The van der Waals surface area contributed by atoms with Crippen LogP contribution >= 0.6 is 0 Å². The maximum atomic E-state index is 11.1. The van der Waals surface area contributed by atoms with E-state index in [1.807, 2.05) is 17.1 Å². The summed E-state index contributed by atoms with van der Waals surface area (Å²) in [5.74, 6) is -0.923. The Morgan fingerprint density at radius 2 is 2.19 bits per heavy atom. The molecule has 3 aromatic rings. The van der Waals surface area contributed by atoms with Crippen LogP contribution in [0.25, 0.3) is 11.0 Å². The largest absolute Gasteiger partial charge is 0.478 e. The van der Waals surface area contributed by atoms with Gasteiger partial charge in [0.05, 0.1) is 41.5 Å². The minimum Gasteiger partial charge on any atom is -0.478 e. The molecular formula is C15H14N4O2. The summed E-state index contributed by atoms with van der Waals surface area (Å²) in [5, 5.41) is 9.11. The van der Waals surface area contributed by atoms with Gasteiger partial charge in [-0.3, -0.25) is 0 Å². The minimum atomic E-state index is -0.923. The van der Waals surface area contributed by atoms with E-state index in [4.69, 9.17) is 5.11 Å². The molecule has 6 nitrogen and oxygen atoms in total. The Bertz CT molecular complexity index is 829. The molecule has 2 aromatic heterocycles. The van der Waals surface area contributed by atoms with Crippen molar-refractivity contribution in [2.45, 2.75) is 25.4 Å². The van der Waals surface area contributed by atoms with Crippen molar-refractivity contribution in [3.05, 3.63) is 48.3 Å². The summed E-state index contributed by atoms with van der Waals surface area (Å²) in [6.45, 7) is 0.649. The van der Waals surface area contributed by atoms with Crippen LogP contribution < -0.4 is 0 Å². The molecule has 106 valence electrons. The van der Waals surface area contributed by atoms with E-state index in [-0.39, 0.29) is 5.56 Å². The Morgan fingerprint density at radius 1 is 1.33 bits per heavy atom. The maximum absolute atomic E-state index is 11.1. The first kappa shape index (κ1) is 12.1. The van der Waals surface area contributed by atoms with E-state index >= 15 is 0 Å². The van der Waals surface area contributed by atoms with Gasteiger partial charge in [-0.25, -0.2) is 14.8 Å². The fourth-order valence-electron chi connectivity index (χ4n) is 2.63. The normalized spacial score (nSPS) is 14.7. The van der Waals surface area contributed by atoms with Gasteiger partial charge in [0.15, 0.2) is 0 Å². The van der Waals surface area contributed by atoms with Gasteiger partial charge < -0.3 is 14.2 Å². The highest BCUT2D eigenvalue weighted by molar-refractivity contribution is 5.92. The summed E-state index contributed by atoms with van der Waals surface area (Å²) in [4.78, 5) is 19.7. The molecule has 6 heteroatoms. The van der Waals surface area contributed by atoms with E-state index in [0.717, 1.165) is 16.7 Å². The van der Waals surface area contributed by atoms with Crippen molar-refractivity contribution < 1.29 is 9.90 Å². The average Bonchev–Trinajstić information content (AvgIpc) is 3.09. The zero-order valence-electron chi connectivity index (χ0n) is 11.3. The molecule has 0 bridgehead atoms. The molecule has 1 saturated carbocycles. The predicted octanol–water partition coefficient (Wildman–Crippen LogP) is 2.31. The number of fused-ring (bicyclic) bond motifs is 1. The number of benzene rings is 1. The lowest BCUT2D eigenvalue weighted by molar-refractivity contribution is 0.0697. The lowest BCUT2D eigenvalue weighted by atomic mass is 10.2. The molecule has 0 spiro atoms. The Balaban J connectivity index is 1.74. The summed E-state index contributed by atoms with van der Waals surface area (Å²) < 4.78 is 4.17. The van der Waals surface area contributed by atoms with E-state index in [9.17, 15) is 4.79 Å². The smallest absolute Gasteiger partial charge is 0.335 e. The van der Waals surface area contributed by atoms with E-state index in [1.54, 1.807) is 24.5 Å². The van der Waals surface area contributed by atoms with Gasteiger partial charge in [0.25, 0.3) is 0 Å². The topological polar surface area (TPSA) is 72.9 Å². The van der Waals surface area contributed by atoms with Gasteiger partial charge in [0, 0.05) is 12.2 Å².